The number of halogens is 2. The third-order valence-electron chi connectivity index (χ3n) is 2.42. The Morgan fingerprint density at radius 3 is 2.56 bits per heavy atom. The van der Waals surface area contributed by atoms with Crippen LogP contribution in [-0.2, 0) is 0 Å². The fourth-order valence-electron chi connectivity index (χ4n) is 1.46. The summed E-state index contributed by atoms with van der Waals surface area (Å²) in [5.74, 6) is 0.416. The first-order chi connectivity index (χ1) is 7.58. The van der Waals surface area contributed by atoms with E-state index in [1.54, 1.807) is 12.1 Å². The number of H-pyrrole nitrogens is 1. The Hall–Kier alpha value is -0.990. The standard InChI is InChI=1S/C12H12Cl2N2/c1-7(2)11-6-12(16-15-11)9-5-8(13)3-4-10(9)14/h3-7H,1-2H3,(H,15,16). The lowest BCUT2D eigenvalue weighted by atomic mass is 10.1. The van der Waals surface area contributed by atoms with E-state index in [0.717, 1.165) is 17.0 Å². The van der Waals surface area contributed by atoms with E-state index in [-0.39, 0.29) is 0 Å². The van der Waals surface area contributed by atoms with Gasteiger partial charge in [-0.15, -0.1) is 0 Å². The Bertz CT molecular complexity index is 503. The van der Waals surface area contributed by atoms with Crippen LogP contribution in [0.2, 0.25) is 10.0 Å². The molecule has 0 unspecified atom stereocenters. The molecule has 1 aromatic heterocycles. The molecule has 0 amide bonds. The molecule has 0 saturated heterocycles. The molecule has 1 heterocycles. The number of nitrogens with zero attached hydrogens (tertiary/aromatic N) is 1. The minimum Gasteiger partial charge on any atom is -0.282 e. The number of aromatic amines is 1. The first-order valence-corrected chi connectivity index (χ1v) is 5.84. The highest BCUT2D eigenvalue weighted by molar-refractivity contribution is 6.35. The van der Waals surface area contributed by atoms with Crippen molar-refractivity contribution < 1.29 is 0 Å². The maximum atomic E-state index is 6.11. The Balaban J connectivity index is 2.46. The van der Waals surface area contributed by atoms with Gasteiger partial charge in [0.15, 0.2) is 0 Å². The average Bonchev–Trinajstić information content (AvgIpc) is 2.70. The summed E-state index contributed by atoms with van der Waals surface area (Å²) in [6, 6.07) is 7.37. The number of nitrogens with one attached hydrogen (secondary N) is 1. The lowest BCUT2D eigenvalue weighted by Gasteiger charge is -2.00. The normalized spacial score (nSPS) is 11.1. The van der Waals surface area contributed by atoms with Crippen molar-refractivity contribution in [3.8, 4) is 11.3 Å². The van der Waals surface area contributed by atoms with E-state index in [4.69, 9.17) is 23.2 Å². The highest BCUT2D eigenvalue weighted by Crippen LogP contribution is 2.30. The summed E-state index contributed by atoms with van der Waals surface area (Å²) < 4.78 is 0. The van der Waals surface area contributed by atoms with Gasteiger partial charge in [-0.2, -0.15) is 5.10 Å². The number of aromatic nitrogens is 2. The van der Waals surface area contributed by atoms with Gasteiger partial charge in [-0.05, 0) is 30.2 Å². The second-order valence-corrected chi connectivity index (χ2v) is 4.83. The molecule has 0 fully saturated rings. The second kappa shape index (κ2) is 4.48. The molecule has 1 N–H and O–H groups in total. The lowest BCUT2D eigenvalue weighted by molar-refractivity contribution is 0.811. The Morgan fingerprint density at radius 1 is 1.19 bits per heavy atom. The molecule has 0 radical (unpaired) electrons. The zero-order chi connectivity index (χ0) is 11.7. The highest BCUT2D eigenvalue weighted by Gasteiger charge is 2.10. The van der Waals surface area contributed by atoms with Crippen molar-refractivity contribution in [3.05, 3.63) is 40.0 Å². The average molecular weight is 255 g/mol. The maximum absolute atomic E-state index is 6.11. The van der Waals surface area contributed by atoms with Gasteiger partial charge in [-0.3, -0.25) is 5.10 Å². The van der Waals surface area contributed by atoms with Crippen molar-refractivity contribution in [2.45, 2.75) is 19.8 Å². The molecule has 0 bridgehead atoms. The molecule has 0 aliphatic carbocycles. The first kappa shape index (κ1) is 11.5. The van der Waals surface area contributed by atoms with Crippen LogP contribution in [0.1, 0.15) is 25.5 Å². The molecule has 0 spiro atoms. The van der Waals surface area contributed by atoms with Crippen molar-refractivity contribution in [1.82, 2.24) is 10.2 Å². The third-order valence-corrected chi connectivity index (χ3v) is 2.99. The van der Waals surface area contributed by atoms with E-state index < -0.39 is 0 Å². The lowest BCUT2D eigenvalue weighted by Crippen LogP contribution is -1.85. The number of benzene rings is 1. The van der Waals surface area contributed by atoms with Crippen LogP contribution in [0.3, 0.4) is 0 Å². The zero-order valence-electron chi connectivity index (χ0n) is 9.09. The highest BCUT2D eigenvalue weighted by atomic mass is 35.5. The van der Waals surface area contributed by atoms with E-state index >= 15 is 0 Å². The zero-order valence-corrected chi connectivity index (χ0v) is 10.6. The van der Waals surface area contributed by atoms with Crippen LogP contribution in [0.25, 0.3) is 11.3 Å². The topological polar surface area (TPSA) is 28.7 Å². The molecule has 0 aliphatic heterocycles. The summed E-state index contributed by atoms with van der Waals surface area (Å²) in [5.41, 5.74) is 2.78. The molecule has 4 heteroatoms. The molecule has 84 valence electrons. The number of hydrogen-bond acceptors (Lipinski definition) is 1. The molecule has 2 nitrogen and oxygen atoms in total. The minimum absolute atomic E-state index is 0.416. The van der Waals surface area contributed by atoms with E-state index in [2.05, 4.69) is 24.0 Å². The van der Waals surface area contributed by atoms with Gasteiger partial charge in [0.2, 0.25) is 0 Å². The van der Waals surface area contributed by atoms with Crippen molar-refractivity contribution in [2.24, 2.45) is 0 Å². The van der Waals surface area contributed by atoms with Crippen molar-refractivity contribution >= 4 is 23.2 Å². The molecular formula is C12H12Cl2N2. The summed E-state index contributed by atoms with van der Waals surface area (Å²) in [6.45, 7) is 4.22. The van der Waals surface area contributed by atoms with Gasteiger partial charge >= 0.3 is 0 Å². The van der Waals surface area contributed by atoms with Gasteiger partial charge in [0, 0.05) is 16.3 Å². The predicted molar refractivity (Wildman–Crippen MR) is 68.1 cm³/mol. The van der Waals surface area contributed by atoms with Crippen LogP contribution >= 0.6 is 23.2 Å². The molecule has 2 aromatic rings. The second-order valence-electron chi connectivity index (χ2n) is 3.99. The molecule has 0 aliphatic rings. The summed E-state index contributed by atoms with van der Waals surface area (Å²) in [5, 5.41) is 8.56. The van der Waals surface area contributed by atoms with Gasteiger partial charge in [-0.25, -0.2) is 0 Å². The van der Waals surface area contributed by atoms with E-state index in [1.807, 2.05) is 12.1 Å². The van der Waals surface area contributed by atoms with Crippen LogP contribution in [0, 0.1) is 0 Å². The van der Waals surface area contributed by atoms with E-state index in [0.29, 0.717) is 16.0 Å². The van der Waals surface area contributed by atoms with Crippen molar-refractivity contribution in [3.63, 3.8) is 0 Å². The predicted octanol–water partition coefficient (Wildman–Crippen LogP) is 4.51. The van der Waals surface area contributed by atoms with Crippen LogP contribution < -0.4 is 0 Å². The molecule has 0 atom stereocenters. The van der Waals surface area contributed by atoms with Crippen LogP contribution in [-0.4, -0.2) is 10.2 Å². The van der Waals surface area contributed by atoms with Crippen molar-refractivity contribution in [2.75, 3.05) is 0 Å². The Labute approximate surface area is 105 Å². The summed E-state index contributed by atoms with van der Waals surface area (Å²) >= 11 is 12.0. The van der Waals surface area contributed by atoms with Gasteiger partial charge in [0.25, 0.3) is 0 Å². The van der Waals surface area contributed by atoms with E-state index in [9.17, 15) is 0 Å². The maximum Gasteiger partial charge on any atom is 0.0939 e. The van der Waals surface area contributed by atoms with Crippen LogP contribution in [0.15, 0.2) is 24.3 Å². The molecule has 1 aromatic carbocycles. The monoisotopic (exact) mass is 254 g/mol. The minimum atomic E-state index is 0.416. The summed E-state index contributed by atoms with van der Waals surface area (Å²) in [4.78, 5) is 0. The molecule has 16 heavy (non-hydrogen) atoms. The van der Waals surface area contributed by atoms with Gasteiger partial charge in [0.1, 0.15) is 0 Å². The quantitative estimate of drug-likeness (QED) is 0.840. The van der Waals surface area contributed by atoms with Crippen LogP contribution in [0.4, 0.5) is 0 Å². The number of hydrogen-bond donors (Lipinski definition) is 1. The van der Waals surface area contributed by atoms with Gasteiger partial charge in [-0.1, -0.05) is 37.0 Å². The number of rotatable bonds is 2. The van der Waals surface area contributed by atoms with Gasteiger partial charge < -0.3 is 0 Å². The van der Waals surface area contributed by atoms with Gasteiger partial charge in [0.05, 0.1) is 10.7 Å². The molecular weight excluding hydrogens is 243 g/mol. The smallest absolute Gasteiger partial charge is 0.0939 e. The first-order valence-electron chi connectivity index (χ1n) is 5.08. The van der Waals surface area contributed by atoms with Crippen molar-refractivity contribution in [1.29, 1.82) is 0 Å². The fraction of sp³-hybridized carbons (Fsp3) is 0.250. The van der Waals surface area contributed by atoms with Crippen LogP contribution in [0.5, 0.6) is 0 Å². The summed E-state index contributed by atoms with van der Waals surface area (Å²) in [7, 11) is 0. The summed E-state index contributed by atoms with van der Waals surface area (Å²) in [6.07, 6.45) is 0. The van der Waals surface area contributed by atoms with E-state index in [1.165, 1.54) is 0 Å². The Morgan fingerprint density at radius 2 is 1.94 bits per heavy atom. The molecule has 0 saturated carbocycles. The largest absolute Gasteiger partial charge is 0.282 e. The molecule has 2 rings (SSSR count). The third kappa shape index (κ3) is 2.23. The SMILES string of the molecule is CC(C)c1cc(-c2cc(Cl)ccc2Cl)n[nH]1. The Kier molecular flexibility index (Phi) is 3.22. The fourth-order valence-corrected chi connectivity index (χ4v) is 1.85.